The van der Waals surface area contributed by atoms with E-state index < -0.39 is 0 Å². The molecular formula is C17H25Br. The standard InChI is InChI=1S/C17H25Br/c1-12(2)14-8-10-16(11-9-14)17(18)15-6-4-13(3)5-7-15/h8-13,15,17H,4-7H2,1-3H3. The van der Waals surface area contributed by atoms with Gasteiger partial charge in [0.05, 0.1) is 0 Å². The van der Waals surface area contributed by atoms with E-state index in [2.05, 4.69) is 61.0 Å². The molecule has 18 heavy (non-hydrogen) atoms. The van der Waals surface area contributed by atoms with E-state index in [4.69, 9.17) is 0 Å². The normalized spacial score (nSPS) is 26.3. The predicted octanol–water partition coefficient (Wildman–Crippen LogP) is 6.07. The van der Waals surface area contributed by atoms with Crippen molar-refractivity contribution in [3.63, 3.8) is 0 Å². The Hall–Kier alpha value is -0.300. The molecule has 0 radical (unpaired) electrons. The van der Waals surface area contributed by atoms with Crippen molar-refractivity contribution in [2.75, 3.05) is 0 Å². The maximum absolute atomic E-state index is 3.93. The van der Waals surface area contributed by atoms with Crippen LogP contribution in [0.25, 0.3) is 0 Å². The third-order valence-corrected chi connectivity index (χ3v) is 5.67. The molecule has 1 aromatic rings. The first kappa shape index (κ1) is 14.1. The molecule has 100 valence electrons. The Morgan fingerprint density at radius 1 is 0.944 bits per heavy atom. The highest BCUT2D eigenvalue weighted by Crippen LogP contribution is 2.41. The Bertz CT molecular complexity index is 358. The molecule has 1 aliphatic rings. The maximum atomic E-state index is 3.93. The van der Waals surface area contributed by atoms with Gasteiger partial charge in [-0.15, -0.1) is 0 Å². The van der Waals surface area contributed by atoms with Crippen molar-refractivity contribution in [1.82, 2.24) is 0 Å². The van der Waals surface area contributed by atoms with Crippen molar-refractivity contribution in [2.24, 2.45) is 11.8 Å². The van der Waals surface area contributed by atoms with E-state index in [1.165, 1.54) is 36.8 Å². The molecule has 0 spiro atoms. The Morgan fingerprint density at radius 3 is 1.94 bits per heavy atom. The summed E-state index contributed by atoms with van der Waals surface area (Å²) in [6.07, 6.45) is 5.56. The van der Waals surface area contributed by atoms with Gasteiger partial charge in [0, 0.05) is 4.83 Å². The summed E-state index contributed by atoms with van der Waals surface area (Å²) in [4.78, 5) is 0.547. The monoisotopic (exact) mass is 308 g/mol. The minimum atomic E-state index is 0.547. The molecule has 0 bridgehead atoms. The van der Waals surface area contributed by atoms with E-state index in [1.54, 1.807) is 0 Å². The van der Waals surface area contributed by atoms with Crippen molar-refractivity contribution in [3.05, 3.63) is 35.4 Å². The van der Waals surface area contributed by atoms with Crippen LogP contribution in [-0.2, 0) is 0 Å². The Morgan fingerprint density at radius 2 is 1.44 bits per heavy atom. The van der Waals surface area contributed by atoms with Gasteiger partial charge >= 0.3 is 0 Å². The fourth-order valence-corrected chi connectivity index (χ4v) is 3.75. The van der Waals surface area contributed by atoms with Crippen molar-refractivity contribution >= 4 is 15.9 Å². The summed E-state index contributed by atoms with van der Waals surface area (Å²) in [7, 11) is 0. The maximum Gasteiger partial charge on any atom is 0.0423 e. The van der Waals surface area contributed by atoms with Crippen LogP contribution in [-0.4, -0.2) is 0 Å². The molecule has 0 nitrogen and oxygen atoms in total. The number of alkyl halides is 1. The van der Waals surface area contributed by atoms with Gasteiger partial charge in [-0.25, -0.2) is 0 Å². The number of halogens is 1. The van der Waals surface area contributed by atoms with Crippen molar-refractivity contribution < 1.29 is 0 Å². The van der Waals surface area contributed by atoms with Gasteiger partial charge in [0.15, 0.2) is 0 Å². The van der Waals surface area contributed by atoms with E-state index in [0.717, 1.165) is 11.8 Å². The second-order valence-electron chi connectivity index (χ2n) is 6.24. The van der Waals surface area contributed by atoms with Crippen LogP contribution in [0.3, 0.4) is 0 Å². The molecule has 1 saturated carbocycles. The highest BCUT2D eigenvalue weighted by Gasteiger charge is 2.25. The molecule has 0 amide bonds. The van der Waals surface area contributed by atoms with E-state index in [-0.39, 0.29) is 0 Å². The fraction of sp³-hybridized carbons (Fsp3) is 0.647. The quantitative estimate of drug-likeness (QED) is 0.594. The molecule has 0 N–H and O–H groups in total. The number of hydrogen-bond acceptors (Lipinski definition) is 0. The molecule has 0 saturated heterocycles. The van der Waals surface area contributed by atoms with Crippen LogP contribution >= 0.6 is 15.9 Å². The van der Waals surface area contributed by atoms with Gasteiger partial charge in [-0.1, -0.05) is 73.8 Å². The minimum Gasteiger partial charge on any atom is -0.0836 e. The van der Waals surface area contributed by atoms with Gasteiger partial charge in [0.1, 0.15) is 0 Å². The molecular weight excluding hydrogens is 284 g/mol. The lowest BCUT2D eigenvalue weighted by molar-refractivity contribution is 0.287. The second-order valence-corrected chi connectivity index (χ2v) is 7.23. The summed E-state index contributed by atoms with van der Waals surface area (Å²) in [5, 5.41) is 0. The third kappa shape index (κ3) is 3.38. The molecule has 1 aromatic carbocycles. The summed E-state index contributed by atoms with van der Waals surface area (Å²) in [5.74, 6) is 2.39. The van der Waals surface area contributed by atoms with Gasteiger partial charge < -0.3 is 0 Å². The Kier molecular flexibility index (Phi) is 4.89. The van der Waals surface area contributed by atoms with Crippen molar-refractivity contribution in [3.8, 4) is 0 Å². The first-order valence-corrected chi connectivity index (χ1v) is 8.23. The van der Waals surface area contributed by atoms with Gasteiger partial charge in [0.2, 0.25) is 0 Å². The van der Waals surface area contributed by atoms with Crippen LogP contribution in [0.2, 0.25) is 0 Å². The molecule has 1 heteroatoms. The summed E-state index contributed by atoms with van der Waals surface area (Å²) < 4.78 is 0. The first-order valence-electron chi connectivity index (χ1n) is 7.32. The average Bonchev–Trinajstić information content (AvgIpc) is 2.39. The smallest absolute Gasteiger partial charge is 0.0423 e. The topological polar surface area (TPSA) is 0 Å². The minimum absolute atomic E-state index is 0.547. The lowest BCUT2D eigenvalue weighted by Gasteiger charge is -2.30. The summed E-state index contributed by atoms with van der Waals surface area (Å²) in [6, 6.07) is 9.21. The lowest BCUT2D eigenvalue weighted by Crippen LogP contribution is -2.16. The molecule has 1 aliphatic carbocycles. The molecule has 2 rings (SSSR count). The van der Waals surface area contributed by atoms with Crippen LogP contribution < -0.4 is 0 Å². The van der Waals surface area contributed by atoms with Crippen LogP contribution in [0.5, 0.6) is 0 Å². The zero-order chi connectivity index (χ0) is 13.1. The summed E-state index contributed by atoms with van der Waals surface area (Å²) in [6.45, 7) is 6.89. The Balaban J connectivity index is 2.02. The van der Waals surface area contributed by atoms with Crippen LogP contribution in [0, 0.1) is 11.8 Å². The fourth-order valence-electron chi connectivity index (χ4n) is 2.92. The summed E-state index contributed by atoms with van der Waals surface area (Å²) in [5.41, 5.74) is 2.90. The lowest BCUT2D eigenvalue weighted by atomic mass is 9.80. The highest BCUT2D eigenvalue weighted by atomic mass is 79.9. The van der Waals surface area contributed by atoms with E-state index in [1.807, 2.05) is 0 Å². The largest absolute Gasteiger partial charge is 0.0836 e. The molecule has 1 fully saturated rings. The highest BCUT2D eigenvalue weighted by molar-refractivity contribution is 9.09. The molecule has 0 aliphatic heterocycles. The van der Waals surface area contributed by atoms with Crippen LogP contribution in [0.1, 0.15) is 68.3 Å². The van der Waals surface area contributed by atoms with E-state index in [9.17, 15) is 0 Å². The number of rotatable bonds is 3. The zero-order valence-corrected chi connectivity index (χ0v) is 13.4. The van der Waals surface area contributed by atoms with Gasteiger partial charge in [-0.2, -0.15) is 0 Å². The number of hydrogen-bond donors (Lipinski definition) is 0. The zero-order valence-electron chi connectivity index (χ0n) is 11.8. The van der Waals surface area contributed by atoms with Crippen LogP contribution in [0.15, 0.2) is 24.3 Å². The van der Waals surface area contributed by atoms with Crippen LogP contribution in [0.4, 0.5) is 0 Å². The molecule has 1 unspecified atom stereocenters. The van der Waals surface area contributed by atoms with Gasteiger partial charge in [-0.3, -0.25) is 0 Å². The van der Waals surface area contributed by atoms with E-state index in [0.29, 0.717) is 10.7 Å². The van der Waals surface area contributed by atoms with Gasteiger partial charge in [0.25, 0.3) is 0 Å². The second kappa shape index (κ2) is 6.23. The first-order chi connectivity index (χ1) is 8.58. The Labute approximate surface area is 120 Å². The van der Waals surface area contributed by atoms with Crippen molar-refractivity contribution in [2.45, 2.75) is 57.2 Å². The SMILES string of the molecule is CC1CCC(C(Br)c2ccc(C(C)C)cc2)CC1. The molecule has 0 heterocycles. The van der Waals surface area contributed by atoms with Crippen molar-refractivity contribution in [1.29, 1.82) is 0 Å². The molecule has 1 atom stereocenters. The average molecular weight is 309 g/mol. The predicted molar refractivity (Wildman–Crippen MR) is 83.3 cm³/mol. The molecule has 0 aromatic heterocycles. The van der Waals surface area contributed by atoms with E-state index >= 15 is 0 Å². The van der Waals surface area contributed by atoms with Gasteiger partial charge in [-0.05, 0) is 41.7 Å². The number of benzene rings is 1. The third-order valence-electron chi connectivity index (χ3n) is 4.40. The summed E-state index contributed by atoms with van der Waals surface area (Å²) >= 11 is 3.93.